The van der Waals surface area contributed by atoms with Crippen LogP contribution in [0.1, 0.15) is 24.3 Å². The number of aliphatic imine (C=N–C) groups is 1. The van der Waals surface area contributed by atoms with Crippen LogP contribution in [0.5, 0.6) is 0 Å². The Kier molecular flexibility index (Phi) is 4.16. The summed E-state index contributed by atoms with van der Waals surface area (Å²) in [5, 5.41) is 6.43. The van der Waals surface area contributed by atoms with Crippen LogP contribution >= 0.6 is 0 Å². The Balaban J connectivity index is 2.20. The molecule has 0 aliphatic carbocycles. The number of carbonyl (C=O) groups excluding carboxylic acids is 1. The molecule has 1 atom stereocenters. The normalized spacial score (nSPS) is 20.5. The molecule has 7 heteroatoms. The van der Waals surface area contributed by atoms with Crippen LogP contribution in [0.4, 0.5) is 5.69 Å². The number of H-pyrrole nitrogens is 1. The van der Waals surface area contributed by atoms with Gasteiger partial charge in [-0.15, -0.1) is 0 Å². The maximum absolute atomic E-state index is 11.5. The Morgan fingerprint density at radius 2 is 2.47 bits per heavy atom. The van der Waals surface area contributed by atoms with Crippen LogP contribution in [0, 0.1) is 0 Å². The molecule has 1 N–H and O–H groups in total. The molecule has 0 spiro atoms. The lowest BCUT2D eigenvalue weighted by molar-refractivity contribution is 0.0330. The van der Waals surface area contributed by atoms with Crippen molar-refractivity contribution in [1.82, 2.24) is 15.1 Å². The lowest BCUT2D eigenvalue weighted by atomic mass is 10.2. The van der Waals surface area contributed by atoms with E-state index in [9.17, 15) is 4.79 Å². The molecule has 1 aliphatic rings. The Hall–Kier alpha value is -1.89. The van der Waals surface area contributed by atoms with Crippen molar-refractivity contribution in [3.05, 3.63) is 11.9 Å². The van der Waals surface area contributed by atoms with Crippen molar-refractivity contribution in [2.75, 3.05) is 26.9 Å². The van der Waals surface area contributed by atoms with Gasteiger partial charge in [0, 0.05) is 6.54 Å². The molecular weight excluding hydrogens is 248 g/mol. The summed E-state index contributed by atoms with van der Waals surface area (Å²) in [7, 11) is 1.33. The minimum atomic E-state index is -0.473. The molecule has 0 bridgehead atoms. The molecule has 1 aromatic heterocycles. The van der Waals surface area contributed by atoms with Crippen LogP contribution in [-0.2, 0) is 9.47 Å². The lowest BCUT2D eigenvalue weighted by Gasteiger charge is -2.34. The number of nitrogens with zero attached hydrogens (tertiary/aromatic N) is 3. The zero-order chi connectivity index (χ0) is 13.8. The van der Waals surface area contributed by atoms with Gasteiger partial charge in [-0.2, -0.15) is 5.10 Å². The van der Waals surface area contributed by atoms with E-state index in [4.69, 9.17) is 4.74 Å². The Labute approximate surface area is 111 Å². The summed E-state index contributed by atoms with van der Waals surface area (Å²) >= 11 is 0. The highest BCUT2D eigenvalue weighted by atomic mass is 16.5. The van der Waals surface area contributed by atoms with Crippen molar-refractivity contribution in [3.8, 4) is 0 Å². The van der Waals surface area contributed by atoms with E-state index in [1.54, 1.807) is 0 Å². The second-order valence-corrected chi connectivity index (χ2v) is 4.40. The number of nitrogens with one attached hydrogen (secondary N) is 1. The fraction of sp³-hybridized carbons (Fsp3) is 0.583. The third-order valence-electron chi connectivity index (χ3n) is 3.07. The standard InChI is InChI=1S/C12H18N4O3/c1-8-7-19-5-4-16(8)9(2)14-10-6-13-15-11(10)12(17)18-3/h6,8H,4-5,7H2,1-3H3,(H,13,15)/b14-9+/t8-/m1/s1. The van der Waals surface area contributed by atoms with E-state index in [2.05, 4.69) is 31.8 Å². The van der Waals surface area contributed by atoms with Gasteiger partial charge in [0.2, 0.25) is 0 Å². The highest BCUT2D eigenvalue weighted by Gasteiger charge is 2.21. The number of aromatic amines is 1. The highest BCUT2D eigenvalue weighted by molar-refractivity contribution is 5.94. The van der Waals surface area contributed by atoms with Gasteiger partial charge in [-0.25, -0.2) is 9.79 Å². The summed E-state index contributed by atoms with van der Waals surface area (Å²) < 4.78 is 10.1. The van der Waals surface area contributed by atoms with Gasteiger partial charge in [0.25, 0.3) is 0 Å². The lowest BCUT2D eigenvalue weighted by Crippen LogP contribution is -2.46. The quantitative estimate of drug-likeness (QED) is 0.490. The molecule has 0 amide bonds. The number of aromatic nitrogens is 2. The second-order valence-electron chi connectivity index (χ2n) is 4.40. The monoisotopic (exact) mass is 266 g/mol. The van der Waals surface area contributed by atoms with Crippen molar-refractivity contribution in [3.63, 3.8) is 0 Å². The molecule has 1 saturated heterocycles. The number of morpholine rings is 1. The topological polar surface area (TPSA) is 79.8 Å². The number of methoxy groups -OCH3 is 1. The van der Waals surface area contributed by atoms with Gasteiger partial charge >= 0.3 is 5.97 Å². The predicted molar refractivity (Wildman–Crippen MR) is 69.7 cm³/mol. The van der Waals surface area contributed by atoms with Crippen LogP contribution in [-0.4, -0.2) is 59.8 Å². The molecule has 1 fully saturated rings. The SMILES string of the molecule is COC(=O)c1[nH]ncc1/N=C(\C)N1CCOC[C@H]1C. The molecule has 1 aliphatic heterocycles. The average molecular weight is 266 g/mol. The van der Waals surface area contributed by atoms with Gasteiger partial charge in [-0.3, -0.25) is 5.10 Å². The predicted octanol–water partition coefficient (Wildman–Crippen LogP) is 0.967. The third kappa shape index (κ3) is 2.93. The summed E-state index contributed by atoms with van der Waals surface area (Å²) in [6, 6.07) is 0.269. The largest absolute Gasteiger partial charge is 0.464 e. The molecule has 0 radical (unpaired) electrons. The van der Waals surface area contributed by atoms with Gasteiger partial charge in [0.15, 0.2) is 5.69 Å². The fourth-order valence-corrected chi connectivity index (χ4v) is 2.06. The number of esters is 1. The fourth-order valence-electron chi connectivity index (χ4n) is 2.06. The smallest absolute Gasteiger partial charge is 0.358 e. The number of hydrogen-bond donors (Lipinski definition) is 1. The van der Waals surface area contributed by atoms with Gasteiger partial charge in [0.05, 0.1) is 32.6 Å². The highest BCUT2D eigenvalue weighted by Crippen LogP contribution is 2.18. The van der Waals surface area contributed by atoms with E-state index in [1.165, 1.54) is 13.3 Å². The first-order chi connectivity index (χ1) is 9.13. The van der Waals surface area contributed by atoms with Crippen LogP contribution in [0.15, 0.2) is 11.2 Å². The van der Waals surface area contributed by atoms with E-state index >= 15 is 0 Å². The first-order valence-electron chi connectivity index (χ1n) is 6.15. The van der Waals surface area contributed by atoms with Gasteiger partial charge in [0.1, 0.15) is 11.5 Å². The molecule has 0 unspecified atom stereocenters. The van der Waals surface area contributed by atoms with Gasteiger partial charge in [-0.05, 0) is 13.8 Å². The third-order valence-corrected chi connectivity index (χ3v) is 3.07. The van der Waals surface area contributed by atoms with Crippen molar-refractivity contribution >= 4 is 17.5 Å². The number of amidine groups is 1. The van der Waals surface area contributed by atoms with Crippen molar-refractivity contribution < 1.29 is 14.3 Å². The number of ether oxygens (including phenoxy) is 2. The number of hydrogen-bond acceptors (Lipinski definition) is 5. The summed E-state index contributed by atoms with van der Waals surface area (Å²) in [6.07, 6.45) is 1.51. The molecule has 104 valence electrons. The molecule has 1 aromatic rings. The molecular formula is C12H18N4O3. The molecule has 2 heterocycles. The van der Waals surface area contributed by atoms with Crippen LogP contribution in [0.25, 0.3) is 0 Å². The minimum absolute atomic E-state index is 0.266. The van der Waals surface area contributed by atoms with Gasteiger partial charge < -0.3 is 14.4 Å². The summed E-state index contributed by atoms with van der Waals surface area (Å²) in [4.78, 5) is 18.1. The summed E-state index contributed by atoms with van der Waals surface area (Å²) in [6.45, 7) is 6.15. The van der Waals surface area contributed by atoms with Crippen molar-refractivity contribution in [2.45, 2.75) is 19.9 Å². The Morgan fingerprint density at radius 3 is 3.16 bits per heavy atom. The van der Waals surface area contributed by atoms with E-state index in [0.29, 0.717) is 18.9 Å². The molecule has 7 nitrogen and oxygen atoms in total. The average Bonchev–Trinajstić information content (AvgIpc) is 2.86. The summed E-state index contributed by atoms with van der Waals surface area (Å²) in [5.74, 6) is 0.362. The van der Waals surface area contributed by atoms with Crippen LogP contribution in [0.3, 0.4) is 0 Å². The summed E-state index contributed by atoms with van der Waals surface area (Å²) in [5.41, 5.74) is 0.755. The van der Waals surface area contributed by atoms with Crippen molar-refractivity contribution in [1.29, 1.82) is 0 Å². The van der Waals surface area contributed by atoms with Crippen molar-refractivity contribution in [2.24, 2.45) is 4.99 Å². The maximum Gasteiger partial charge on any atom is 0.358 e. The Morgan fingerprint density at radius 1 is 1.68 bits per heavy atom. The van der Waals surface area contributed by atoms with E-state index in [1.807, 2.05) is 6.92 Å². The van der Waals surface area contributed by atoms with Crippen LogP contribution < -0.4 is 0 Å². The van der Waals surface area contributed by atoms with E-state index in [0.717, 1.165) is 12.4 Å². The van der Waals surface area contributed by atoms with Gasteiger partial charge in [-0.1, -0.05) is 0 Å². The number of carbonyl (C=O) groups is 1. The first-order valence-corrected chi connectivity index (χ1v) is 6.15. The zero-order valence-electron chi connectivity index (χ0n) is 11.3. The molecule has 19 heavy (non-hydrogen) atoms. The maximum atomic E-state index is 11.5. The zero-order valence-corrected chi connectivity index (χ0v) is 11.3. The van der Waals surface area contributed by atoms with E-state index in [-0.39, 0.29) is 11.7 Å². The minimum Gasteiger partial charge on any atom is -0.464 e. The molecule has 0 aromatic carbocycles. The number of rotatable bonds is 2. The molecule has 2 rings (SSSR count). The first kappa shape index (κ1) is 13.5. The Bertz CT molecular complexity index is 483. The second kappa shape index (κ2) is 5.83. The van der Waals surface area contributed by atoms with Crippen LogP contribution in [0.2, 0.25) is 0 Å². The molecule has 0 saturated carbocycles. The van der Waals surface area contributed by atoms with E-state index < -0.39 is 5.97 Å².